The first-order valence-corrected chi connectivity index (χ1v) is 10.4. The van der Waals surface area contributed by atoms with Gasteiger partial charge in [-0.15, -0.1) is 0 Å². The number of carbonyl (C=O) groups is 2. The number of likely N-dealkylation sites (tertiary alicyclic amines) is 1. The van der Waals surface area contributed by atoms with E-state index in [2.05, 4.69) is 10.6 Å². The van der Waals surface area contributed by atoms with Crippen LogP contribution in [0.15, 0.2) is 24.3 Å². The van der Waals surface area contributed by atoms with E-state index in [1.54, 1.807) is 0 Å². The Hall–Kier alpha value is -2.44. The molecule has 152 valence electrons. The quantitative estimate of drug-likeness (QED) is 0.835. The number of urea groups is 1. The molecule has 0 bridgehead atoms. The minimum atomic E-state index is -0.603. The normalized spacial score (nSPS) is 23.1. The van der Waals surface area contributed by atoms with Crippen molar-refractivity contribution in [2.45, 2.75) is 63.1 Å². The van der Waals surface area contributed by atoms with Crippen molar-refractivity contribution < 1.29 is 19.1 Å². The predicted molar refractivity (Wildman–Crippen MR) is 104 cm³/mol. The third-order valence-corrected chi connectivity index (χ3v) is 5.87. The number of fused-ring (bicyclic) bond motifs is 1. The summed E-state index contributed by atoms with van der Waals surface area (Å²) in [7, 11) is 0. The molecule has 1 aliphatic carbocycles. The molecule has 4 rings (SSSR count). The molecule has 1 aromatic carbocycles. The van der Waals surface area contributed by atoms with Gasteiger partial charge >= 0.3 is 6.03 Å². The van der Waals surface area contributed by atoms with Crippen LogP contribution in [0, 0.1) is 0 Å². The largest absolute Gasteiger partial charge is 0.485 e. The van der Waals surface area contributed by atoms with E-state index in [1.807, 2.05) is 29.2 Å². The number of nitrogens with zero attached hydrogens (tertiary/aromatic N) is 1. The number of para-hydroxylation sites is 2. The van der Waals surface area contributed by atoms with Gasteiger partial charge in [0, 0.05) is 25.2 Å². The van der Waals surface area contributed by atoms with Crippen LogP contribution < -0.4 is 20.1 Å². The first-order valence-electron chi connectivity index (χ1n) is 10.4. The lowest BCUT2D eigenvalue weighted by Crippen LogP contribution is -2.53. The molecule has 3 aliphatic rings. The molecule has 7 nitrogen and oxygen atoms in total. The first-order chi connectivity index (χ1) is 13.7. The maximum atomic E-state index is 12.8. The first kappa shape index (κ1) is 18.9. The third kappa shape index (κ3) is 4.51. The molecule has 1 saturated heterocycles. The van der Waals surface area contributed by atoms with Crippen LogP contribution in [0.2, 0.25) is 0 Å². The second-order valence-corrected chi connectivity index (χ2v) is 7.92. The van der Waals surface area contributed by atoms with Crippen LogP contribution in [-0.4, -0.2) is 54.7 Å². The lowest BCUT2D eigenvalue weighted by molar-refractivity contribution is -0.142. The fourth-order valence-corrected chi connectivity index (χ4v) is 4.25. The third-order valence-electron chi connectivity index (χ3n) is 5.87. The van der Waals surface area contributed by atoms with Crippen molar-refractivity contribution in [3.63, 3.8) is 0 Å². The number of hydrogen-bond acceptors (Lipinski definition) is 4. The zero-order valence-electron chi connectivity index (χ0n) is 16.2. The average Bonchev–Trinajstić information content (AvgIpc) is 2.74. The lowest BCUT2D eigenvalue weighted by Gasteiger charge is -2.35. The summed E-state index contributed by atoms with van der Waals surface area (Å²) in [5.41, 5.74) is 0. The van der Waals surface area contributed by atoms with Crippen LogP contribution in [-0.2, 0) is 4.79 Å². The fraction of sp³-hybridized carbons (Fsp3) is 0.619. The number of nitrogens with one attached hydrogen (secondary N) is 2. The molecular formula is C21H29N3O4. The van der Waals surface area contributed by atoms with Gasteiger partial charge in [0.2, 0.25) is 6.10 Å². The smallest absolute Gasteiger partial charge is 0.315 e. The summed E-state index contributed by atoms with van der Waals surface area (Å²) in [6.45, 7) is 1.47. The van der Waals surface area contributed by atoms with Gasteiger partial charge in [0.05, 0.1) is 0 Å². The second-order valence-electron chi connectivity index (χ2n) is 7.92. The maximum absolute atomic E-state index is 12.8. The molecule has 0 aromatic heterocycles. The van der Waals surface area contributed by atoms with Gasteiger partial charge in [-0.05, 0) is 37.8 Å². The molecule has 1 atom stereocenters. The number of carbonyl (C=O) groups excluding carboxylic acids is 2. The van der Waals surface area contributed by atoms with E-state index in [-0.39, 0.29) is 24.6 Å². The molecule has 0 unspecified atom stereocenters. The highest BCUT2D eigenvalue weighted by atomic mass is 16.6. The number of rotatable bonds is 3. The summed E-state index contributed by atoms with van der Waals surface area (Å²) < 4.78 is 11.5. The van der Waals surface area contributed by atoms with Crippen LogP contribution in [0.25, 0.3) is 0 Å². The predicted octanol–water partition coefficient (Wildman–Crippen LogP) is 2.45. The second kappa shape index (κ2) is 8.71. The Labute approximate surface area is 165 Å². The van der Waals surface area contributed by atoms with Gasteiger partial charge in [-0.3, -0.25) is 4.79 Å². The summed E-state index contributed by atoms with van der Waals surface area (Å²) in [6, 6.07) is 7.74. The Morgan fingerprint density at radius 3 is 2.25 bits per heavy atom. The van der Waals surface area contributed by atoms with Crippen molar-refractivity contribution in [1.82, 2.24) is 15.5 Å². The zero-order valence-corrected chi connectivity index (χ0v) is 16.2. The average molecular weight is 387 g/mol. The lowest BCUT2D eigenvalue weighted by atomic mass is 9.96. The van der Waals surface area contributed by atoms with Gasteiger partial charge in [-0.1, -0.05) is 31.4 Å². The Balaban J connectivity index is 1.22. The van der Waals surface area contributed by atoms with E-state index >= 15 is 0 Å². The van der Waals surface area contributed by atoms with Crippen LogP contribution in [0.5, 0.6) is 11.5 Å². The van der Waals surface area contributed by atoms with Crippen molar-refractivity contribution in [2.24, 2.45) is 0 Å². The maximum Gasteiger partial charge on any atom is 0.315 e. The molecular weight excluding hydrogens is 358 g/mol. The molecule has 0 spiro atoms. The summed E-state index contributed by atoms with van der Waals surface area (Å²) in [5.74, 6) is 1.25. The highest BCUT2D eigenvalue weighted by Gasteiger charge is 2.33. The molecule has 1 saturated carbocycles. The van der Waals surface area contributed by atoms with E-state index in [0.29, 0.717) is 30.6 Å². The number of benzene rings is 1. The zero-order chi connectivity index (χ0) is 19.3. The summed E-state index contributed by atoms with van der Waals surface area (Å²) in [6.07, 6.45) is 6.73. The van der Waals surface area contributed by atoms with Crippen molar-refractivity contribution >= 4 is 11.9 Å². The summed E-state index contributed by atoms with van der Waals surface area (Å²) >= 11 is 0. The van der Waals surface area contributed by atoms with Gasteiger partial charge in [0.1, 0.15) is 6.61 Å². The van der Waals surface area contributed by atoms with Gasteiger partial charge in [-0.2, -0.15) is 0 Å². The number of hydrogen-bond donors (Lipinski definition) is 2. The van der Waals surface area contributed by atoms with E-state index in [4.69, 9.17) is 9.47 Å². The van der Waals surface area contributed by atoms with Crippen molar-refractivity contribution in [3.8, 4) is 11.5 Å². The number of amides is 3. The van der Waals surface area contributed by atoms with Crippen LogP contribution >= 0.6 is 0 Å². The van der Waals surface area contributed by atoms with E-state index in [1.165, 1.54) is 19.3 Å². The Morgan fingerprint density at radius 1 is 0.893 bits per heavy atom. The minimum Gasteiger partial charge on any atom is -0.485 e. The standard InChI is InChI=1S/C21H29N3O4/c25-20(19-14-27-17-8-4-5-9-18(17)28-19)24-12-10-16(11-13-24)23-21(26)22-15-6-2-1-3-7-15/h4-5,8-9,15-16,19H,1-3,6-7,10-14H2,(H2,22,23,26)/t19-/m0/s1. The molecule has 3 amide bonds. The monoisotopic (exact) mass is 387 g/mol. The number of ether oxygens (including phenoxy) is 2. The molecule has 2 N–H and O–H groups in total. The number of piperidine rings is 1. The summed E-state index contributed by atoms with van der Waals surface area (Å²) in [4.78, 5) is 26.8. The fourth-order valence-electron chi connectivity index (χ4n) is 4.25. The van der Waals surface area contributed by atoms with Crippen LogP contribution in [0.1, 0.15) is 44.9 Å². The Bertz CT molecular complexity index is 697. The van der Waals surface area contributed by atoms with Gasteiger partial charge in [0.25, 0.3) is 5.91 Å². The highest BCUT2D eigenvalue weighted by Crippen LogP contribution is 2.31. The van der Waals surface area contributed by atoms with E-state index < -0.39 is 6.10 Å². The van der Waals surface area contributed by atoms with Crippen LogP contribution in [0.4, 0.5) is 4.79 Å². The SMILES string of the molecule is O=C(NC1CCCCC1)NC1CCN(C(=O)[C@@H]2COc3ccccc3O2)CC1. The molecule has 0 radical (unpaired) electrons. The van der Waals surface area contributed by atoms with E-state index in [9.17, 15) is 9.59 Å². The molecule has 2 heterocycles. The highest BCUT2D eigenvalue weighted by molar-refractivity contribution is 5.82. The molecule has 1 aromatic rings. The van der Waals surface area contributed by atoms with Crippen LogP contribution in [0.3, 0.4) is 0 Å². The Morgan fingerprint density at radius 2 is 1.54 bits per heavy atom. The summed E-state index contributed by atoms with van der Waals surface area (Å²) in [5, 5.41) is 6.17. The van der Waals surface area contributed by atoms with Crippen molar-refractivity contribution in [3.05, 3.63) is 24.3 Å². The minimum absolute atomic E-state index is 0.0420. The topological polar surface area (TPSA) is 79.9 Å². The van der Waals surface area contributed by atoms with Gasteiger partial charge in [-0.25, -0.2) is 4.79 Å². The Kier molecular flexibility index (Phi) is 5.88. The van der Waals surface area contributed by atoms with Crippen molar-refractivity contribution in [1.29, 1.82) is 0 Å². The molecule has 28 heavy (non-hydrogen) atoms. The van der Waals surface area contributed by atoms with Gasteiger partial charge < -0.3 is 25.0 Å². The van der Waals surface area contributed by atoms with Crippen molar-refractivity contribution in [2.75, 3.05) is 19.7 Å². The molecule has 7 heteroatoms. The molecule has 2 fully saturated rings. The van der Waals surface area contributed by atoms with Gasteiger partial charge in [0.15, 0.2) is 11.5 Å². The van der Waals surface area contributed by atoms with E-state index in [0.717, 1.165) is 25.7 Å². The molecule has 2 aliphatic heterocycles.